The van der Waals surface area contributed by atoms with Gasteiger partial charge in [-0.05, 0) is 62.7 Å². The van der Waals surface area contributed by atoms with Crippen molar-refractivity contribution in [3.8, 4) is 10.4 Å². The highest BCUT2D eigenvalue weighted by molar-refractivity contribution is 7.90. The third kappa shape index (κ3) is 6.53. The second kappa shape index (κ2) is 11.8. The monoisotopic (exact) mass is 602 g/mol. The van der Waals surface area contributed by atoms with Crippen molar-refractivity contribution < 1.29 is 22.7 Å². The smallest absolute Gasteiger partial charge is 0.408 e. The summed E-state index contributed by atoms with van der Waals surface area (Å²) in [5.74, 6) is -0.391. The normalized spacial score (nSPS) is 12.5. The number of nitrogens with one attached hydrogen (secondary N) is 2. The van der Waals surface area contributed by atoms with E-state index in [1.54, 1.807) is 69.4 Å². The van der Waals surface area contributed by atoms with Gasteiger partial charge in [0, 0.05) is 34.6 Å². The van der Waals surface area contributed by atoms with E-state index in [1.807, 2.05) is 42.5 Å². The van der Waals surface area contributed by atoms with Gasteiger partial charge in [-0.1, -0.05) is 48.5 Å². The highest BCUT2D eigenvalue weighted by Gasteiger charge is 2.26. The summed E-state index contributed by atoms with van der Waals surface area (Å²) in [5, 5.41) is 6.84. The van der Waals surface area contributed by atoms with Crippen LogP contribution in [0.2, 0.25) is 0 Å². The average Bonchev–Trinajstić information content (AvgIpc) is 3.60. The zero-order valence-corrected chi connectivity index (χ0v) is 24.9. The molecule has 5 rings (SSSR count). The minimum absolute atomic E-state index is 0.167. The molecule has 2 N–H and O–H groups in total. The summed E-state index contributed by atoms with van der Waals surface area (Å²) in [5.41, 5.74) is 1.25. The first-order valence-electron chi connectivity index (χ1n) is 13.2. The maximum atomic E-state index is 13.4. The van der Waals surface area contributed by atoms with E-state index in [-0.39, 0.29) is 11.3 Å². The largest absolute Gasteiger partial charge is 0.444 e. The van der Waals surface area contributed by atoms with Crippen molar-refractivity contribution in [3.63, 3.8) is 0 Å². The summed E-state index contributed by atoms with van der Waals surface area (Å²) in [6.45, 7) is 5.27. The number of rotatable bonds is 8. The average molecular weight is 603 g/mol. The van der Waals surface area contributed by atoms with E-state index >= 15 is 0 Å². The quantitative estimate of drug-likeness (QED) is 0.222. The molecule has 0 saturated heterocycles. The third-order valence-electron chi connectivity index (χ3n) is 6.26. The van der Waals surface area contributed by atoms with Gasteiger partial charge in [0.2, 0.25) is 5.91 Å². The number of pyridine rings is 1. The first-order valence-corrected chi connectivity index (χ1v) is 15.5. The Morgan fingerprint density at radius 2 is 1.64 bits per heavy atom. The zero-order valence-electron chi connectivity index (χ0n) is 23.3. The van der Waals surface area contributed by atoms with E-state index < -0.39 is 33.7 Å². The molecule has 1 unspecified atom stereocenters. The molecule has 0 radical (unpaired) electrons. The topological polar surface area (TPSA) is 119 Å². The second-order valence-electron chi connectivity index (χ2n) is 10.6. The van der Waals surface area contributed by atoms with Gasteiger partial charge < -0.3 is 15.4 Å². The zero-order chi connectivity index (χ0) is 29.9. The van der Waals surface area contributed by atoms with Crippen LogP contribution in [0.25, 0.3) is 21.5 Å². The number of carbonyl (C=O) groups is 2. The van der Waals surface area contributed by atoms with Gasteiger partial charge in [-0.2, -0.15) is 0 Å². The first-order chi connectivity index (χ1) is 20.0. The molecule has 42 heavy (non-hydrogen) atoms. The summed E-state index contributed by atoms with van der Waals surface area (Å²) in [6, 6.07) is 23.9. The Morgan fingerprint density at radius 1 is 0.952 bits per heavy atom. The molecule has 216 valence electrons. The molecule has 2 aromatic carbocycles. The van der Waals surface area contributed by atoms with Crippen LogP contribution in [0.1, 0.15) is 26.3 Å². The summed E-state index contributed by atoms with van der Waals surface area (Å²) >= 11 is 1.33. The molecule has 3 heterocycles. The van der Waals surface area contributed by atoms with Crippen molar-refractivity contribution in [2.24, 2.45) is 0 Å². The maximum Gasteiger partial charge on any atom is 0.408 e. The Kier molecular flexibility index (Phi) is 8.15. The Hall–Kier alpha value is -4.48. The van der Waals surface area contributed by atoms with Gasteiger partial charge in [0.05, 0.1) is 9.90 Å². The molecule has 0 saturated carbocycles. The summed E-state index contributed by atoms with van der Waals surface area (Å²) in [7, 11) is -3.83. The van der Waals surface area contributed by atoms with Crippen molar-refractivity contribution in [1.82, 2.24) is 14.3 Å². The SMILES string of the molecule is CC(C)(C)OC(=O)NC(Cc1ccccc1)C(=O)Nc1ccc(-c2ccnc3c2ccn3S(=O)(=O)c2ccccc2)s1. The van der Waals surface area contributed by atoms with E-state index in [9.17, 15) is 18.0 Å². The number of nitrogens with zero attached hydrogens (tertiary/aromatic N) is 2. The minimum Gasteiger partial charge on any atom is -0.444 e. The fraction of sp³-hybridized carbons (Fsp3) is 0.194. The number of hydrogen-bond donors (Lipinski definition) is 2. The van der Waals surface area contributed by atoms with Crippen LogP contribution in [0.3, 0.4) is 0 Å². The standard InChI is InChI=1S/C31H30N4O5S2/c1-31(2,3)40-30(37)33-25(20-21-10-6-4-7-11-21)29(36)34-27-15-14-26(41-27)23-16-18-32-28-24(23)17-19-35(28)42(38,39)22-12-8-5-9-13-22/h4-19,25H,20H2,1-3H3,(H,33,37)(H,34,36). The lowest BCUT2D eigenvalue weighted by Gasteiger charge is -2.23. The van der Waals surface area contributed by atoms with E-state index in [4.69, 9.17) is 4.74 Å². The summed E-state index contributed by atoms with van der Waals surface area (Å²) < 4.78 is 33.1. The first kappa shape index (κ1) is 29.0. The molecule has 9 nitrogen and oxygen atoms in total. The van der Waals surface area contributed by atoms with Gasteiger partial charge in [0.15, 0.2) is 5.65 Å². The molecule has 0 aliphatic carbocycles. The molecule has 2 amide bonds. The molecule has 11 heteroatoms. The second-order valence-corrected chi connectivity index (χ2v) is 13.5. The van der Waals surface area contributed by atoms with Crippen LogP contribution in [0.4, 0.5) is 9.80 Å². The number of hydrogen-bond acceptors (Lipinski definition) is 7. The highest BCUT2D eigenvalue weighted by Crippen LogP contribution is 2.36. The number of amides is 2. The van der Waals surface area contributed by atoms with Gasteiger partial charge in [-0.15, -0.1) is 11.3 Å². The van der Waals surface area contributed by atoms with Gasteiger partial charge in [0.25, 0.3) is 10.0 Å². The van der Waals surface area contributed by atoms with Crippen LogP contribution in [0.15, 0.2) is 102 Å². The number of alkyl carbamates (subject to hydrolysis) is 1. The highest BCUT2D eigenvalue weighted by atomic mass is 32.2. The molecule has 3 aromatic heterocycles. The van der Waals surface area contributed by atoms with Crippen molar-refractivity contribution in [1.29, 1.82) is 0 Å². The van der Waals surface area contributed by atoms with Gasteiger partial charge in [-0.25, -0.2) is 22.2 Å². The predicted octanol–water partition coefficient (Wildman–Crippen LogP) is 6.08. The molecular weight excluding hydrogens is 572 g/mol. The van der Waals surface area contributed by atoms with Crippen molar-refractivity contribution >= 4 is 49.4 Å². The molecule has 0 aliphatic rings. The van der Waals surface area contributed by atoms with Crippen LogP contribution in [0.5, 0.6) is 0 Å². The number of aromatic nitrogens is 2. The lowest BCUT2D eigenvalue weighted by Crippen LogP contribution is -2.47. The molecule has 0 bridgehead atoms. The van der Waals surface area contributed by atoms with Crippen molar-refractivity contribution in [2.45, 2.75) is 43.7 Å². The molecule has 5 aromatic rings. The van der Waals surface area contributed by atoms with Crippen LogP contribution in [-0.4, -0.2) is 41.0 Å². The van der Waals surface area contributed by atoms with E-state index in [0.717, 1.165) is 16.0 Å². The molecule has 0 spiro atoms. The summed E-state index contributed by atoms with van der Waals surface area (Å²) in [4.78, 5) is 31.2. The van der Waals surface area contributed by atoms with Crippen molar-refractivity contribution in [3.05, 3.63) is 103 Å². The molecule has 0 aliphatic heterocycles. The molecule has 0 fully saturated rings. The molecular formula is C31H30N4O5S2. The fourth-order valence-electron chi connectivity index (χ4n) is 4.40. The lowest BCUT2D eigenvalue weighted by molar-refractivity contribution is -0.118. The third-order valence-corrected chi connectivity index (χ3v) is 8.98. The Labute approximate surface area is 248 Å². The number of anilines is 1. The van der Waals surface area contributed by atoms with Crippen molar-refractivity contribution in [2.75, 3.05) is 5.32 Å². The lowest BCUT2D eigenvalue weighted by atomic mass is 10.1. The number of ether oxygens (including phenoxy) is 1. The van der Waals surface area contributed by atoms with Gasteiger partial charge in [0.1, 0.15) is 11.6 Å². The van der Waals surface area contributed by atoms with Crippen LogP contribution in [0, 0.1) is 0 Å². The number of thiophene rings is 1. The Morgan fingerprint density at radius 3 is 2.33 bits per heavy atom. The summed E-state index contributed by atoms with van der Waals surface area (Å²) in [6.07, 6.45) is 2.65. The van der Waals surface area contributed by atoms with Gasteiger partial charge >= 0.3 is 6.09 Å². The Balaban J connectivity index is 1.39. The van der Waals surface area contributed by atoms with Crippen LogP contribution >= 0.6 is 11.3 Å². The molecule has 1 atom stereocenters. The fourth-order valence-corrected chi connectivity index (χ4v) is 6.67. The van der Waals surface area contributed by atoms with E-state index in [0.29, 0.717) is 16.0 Å². The van der Waals surface area contributed by atoms with Crippen LogP contribution in [-0.2, 0) is 26.0 Å². The van der Waals surface area contributed by atoms with Gasteiger partial charge in [-0.3, -0.25) is 4.79 Å². The number of fused-ring (bicyclic) bond motifs is 1. The Bertz CT molecular complexity index is 1830. The maximum absolute atomic E-state index is 13.4. The number of carbonyl (C=O) groups excluding carboxylic acids is 2. The minimum atomic E-state index is -3.83. The predicted molar refractivity (Wildman–Crippen MR) is 164 cm³/mol. The van der Waals surface area contributed by atoms with Crippen LogP contribution < -0.4 is 10.6 Å². The number of benzene rings is 2. The van der Waals surface area contributed by atoms with E-state index in [2.05, 4.69) is 15.6 Å². The van der Waals surface area contributed by atoms with E-state index in [1.165, 1.54) is 21.5 Å².